The highest BCUT2D eigenvalue weighted by Gasteiger charge is 2.23. The standard InChI is InChI=1S/C22H26N2O3/c1-14-10-15(2)21(16(3)11-14)22(26)23-18-8-7-17-6-5-9-24(19(17)12-18)20(25)13-27-4/h7-8,10-12H,5-6,9,13H2,1-4H3,(H,23,26). The lowest BCUT2D eigenvalue weighted by Crippen LogP contribution is -2.37. The zero-order valence-electron chi connectivity index (χ0n) is 16.4. The Morgan fingerprint density at radius 2 is 1.81 bits per heavy atom. The highest BCUT2D eigenvalue weighted by Crippen LogP contribution is 2.30. The quantitative estimate of drug-likeness (QED) is 0.896. The van der Waals surface area contributed by atoms with Crippen molar-refractivity contribution in [3.8, 4) is 0 Å². The summed E-state index contributed by atoms with van der Waals surface area (Å²) in [5.74, 6) is -0.192. The van der Waals surface area contributed by atoms with Gasteiger partial charge in [-0.3, -0.25) is 9.59 Å². The van der Waals surface area contributed by atoms with E-state index in [9.17, 15) is 9.59 Å². The van der Waals surface area contributed by atoms with Crippen molar-refractivity contribution < 1.29 is 14.3 Å². The molecule has 0 saturated heterocycles. The Balaban J connectivity index is 1.88. The number of carbonyl (C=O) groups is 2. The van der Waals surface area contributed by atoms with Crippen LogP contribution in [0, 0.1) is 20.8 Å². The molecule has 0 spiro atoms. The molecule has 1 aliphatic rings. The molecule has 5 heteroatoms. The van der Waals surface area contributed by atoms with Crippen LogP contribution in [0.1, 0.15) is 39.0 Å². The van der Waals surface area contributed by atoms with Gasteiger partial charge in [0.15, 0.2) is 0 Å². The van der Waals surface area contributed by atoms with Crippen LogP contribution in [-0.4, -0.2) is 32.1 Å². The third-order valence-electron chi connectivity index (χ3n) is 4.93. The van der Waals surface area contributed by atoms with Crippen molar-refractivity contribution >= 4 is 23.2 Å². The second-order valence-corrected chi connectivity index (χ2v) is 7.15. The van der Waals surface area contributed by atoms with Gasteiger partial charge in [0.25, 0.3) is 11.8 Å². The van der Waals surface area contributed by atoms with Gasteiger partial charge < -0.3 is 15.0 Å². The van der Waals surface area contributed by atoms with Crippen molar-refractivity contribution in [2.75, 3.05) is 30.5 Å². The third kappa shape index (κ3) is 4.03. The Kier molecular flexibility index (Phi) is 5.61. The molecule has 0 bridgehead atoms. The van der Waals surface area contributed by atoms with Crippen molar-refractivity contribution in [2.24, 2.45) is 0 Å². The summed E-state index contributed by atoms with van der Waals surface area (Å²) in [7, 11) is 1.52. The Morgan fingerprint density at radius 3 is 2.48 bits per heavy atom. The van der Waals surface area contributed by atoms with E-state index in [0.717, 1.165) is 40.8 Å². The normalized spacial score (nSPS) is 13.3. The fourth-order valence-corrected chi connectivity index (χ4v) is 3.84. The summed E-state index contributed by atoms with van der Waals surface area (Å²) >= 11 is 0. The predicted octanol–water partition coefficient (Wildman–Crippen LogP) is 3.79. The molecule has 1 aliphatic heterocycles. The second kappa shape index (κ2) is 7.92. The molecule has 27 heavy (non-hydrogen) atoms. The van der Waals surface area contributed by atoms with E-state index < -0.39 is 0 Å². The number of nitrogens with zero attached hydrogens (tertiary/aromatic N) is 1. The first-order valence-corrected chi connectivity index (χ1v) is 9.22. The zero-order chi connectivity index (χ0) is 19.6. The van der Waals surface area contributed by atoms with Gasteiger partial charge in [0.1, 0.15) is 6.61 Å². The van der Waals surface area contributed by atoms with Gasteiger partial charge in [-0.25, -0.2) is 0 Å². The van der Waals surface area contributed by atoms with E-state index in [1.54, 1.807) is 4.90 Å². The van der Waals surface area contributed by atoms with Crippen LogP contribution in [0.25, 0.3) is 0 Å². The smallest absolute Gasteiger partial charge is 0.256 e. The molecule has 2 aromatic carbocycles. The SMILES string of the molecule is COCC(=O)N1CCCc2ccc(NC(=O)c3c(C)cc(C)cc3C)cc21. The lowest BCUT2D eigenvalue weighted by Gasteiger charge is -2.30. The van der Waals surface area contributed by atoms with Gasteiger partial charge in [-0.05, 0) is 62.4 Å². The average Bonchev–Trinajstić information content (AvgIpc) is 2.60. The van der Waals surface area contributed by atoms with Crippen LogP contribution in [0.3, 0.4) is 0 Å². The Hall–Kier alpha value is -2.66. The zero-order valence-corrected chi connectivity index (χ0v) is 16.4. The van der Waals surface area contributed by atoms with E-state index in [4.69, 9.17) is 4.74 Å². The second-order valence-electron chi connectivity index (χ2n) is 7.15. The maximum Gasteiger partial charge on any atom is 0.256 e. The van der Waals surface area contributed by atoms with Crippen LogP contribution in [0.15, 0.2) is 30.3 Å². The molecule has 0 radical (unpaired) electrons. The van der Waals surface area contributed by atoms with Crippen molar-refractivity contribution in [3.63, 3.8) is 0 Å². The Labute approximate surface area is 160 Å². The number of hydrogen-bond donors (Lipinski definition) is 1. The molecule has 0 unspecified atom stereocenters. The molecule has 0 aliphatic carbocycles. The minimum absolute atomic E-state index is 0.0534. The fourth-order valence-electron chi connectivity index (χ4n) is 3.84. The molecule has 0 fully saturated rings. The maximum absolute atomic E-state index is 12.8. The van der Waals surface area contributed by atoms with E-state index in [2.05, 4.69) is 5.32 Å². The van der Waals surface area contributed by atoms with Crippen LogP contribution in [0.4, 0.5) is 11.4 Å². The van der Waals surface area contributed by atoms with Crippen LogP contribution in [0.5, 0.6) is 0 Å². The number of benzene rings is 2. The summed E-state index contributed by atoms with van der Waals surface area (Å²) in [4.78, 5) is 26.9. The van der Waals surface area contributed by atoms with Crippen LogP contribution >= 0.6 is 0 Å². The summed E-state index contributed by atoms with van der Waals surface area (Å²) in [5.41, 5.74) is 6.42. The van der Waals surface area contributed by atoms with Gasteiger partial charge in [0, 0.05) is 30.6 Å². The monoisotopic (exact) mass is 366 g/mol. The topological polar surface area (TPSA) is 58.6 Å². The van der Waals surface area contributed by atoms with E-state index in [-0.39, 0.29) is 18.4 Å². The van der Waals surface area contributed by atoms with Crippen molar-refractivity contribution in [2.45, 2.75) is 33.6 Å². The van der Waals surface area contributed by atoms with Crippen molar-refractivity contribution in [3.05, 3.63) is 58.1 Å². The van der Waals surface area contributed by atoms with Crippen LogP contribution in [0.2, 0.25) is 0 Å². The molecule has 1 N–H and O–H groups in total. The molecule has 3 rings (SSSR count). The molecule has 5 nitrogen and oxygen atoms in total. The molecule has 0 saturated carbocycles. The Morgan fingerprint density at radius 1 is 1.11 bits per heavy atom. The molecule has 142 valence electrons. The summed E-state index contributed by atoms with van der Waals surface area (Å²) in [6.07, 6.45) is 1.85. The number of aryl methyl sites for hydroxylation is 4. The Bertz CT molecular complexity index is 866. The van der Waals surface area contributed by atoms with E-state index in [1.807, 2.05) is 51.1 Å². The first-order valence-electron chi connectivity index (χ1n) is 9.22. The highest BCUT2D eigenvalue weighted by atomic mass is 16.5. The summed E-state index contributed by atoms with van der Waals surface area (Å²) in [5, 5.41) is 2.99. The molecule has 1 heterocycles. The molecule has 2 aromatic rings. The highest BCUT2D eigenvalue weighted by molar-refractivity contribution is 6.07. The first kappa shape index (κ1) is 19.1. The number of anilines is 2. The number of methoxy groups -OCH3 is 1. The van der Waals surface area contributed by atoms with Crippen molar-refractivity contribution in [1.29, 1.82) is 0 Å². The molecular formula is C22H26N2O3. The van der Waals surface area contributed by atoms with Gasteiger partial charge >= 0.3 is 0 Å². The minimum Gasteiger partial charge on any atom is -0.375 e. The molecule has 0 aromatic heterocycles. The third-order valence-corrected chi connectivity index (χ3v) is 4.93. The van der Waals surface area contributed by atoms with Gasteiger partial charge in [0.2, 0.25) is 0 Å². The maximum atomic E-state index is 12.8. The van der Waals surface area contributed by atoms with Gasteiger partial charge in [-0.2, -0.15) is 0 Å². The number of rotatable bonds is 4. The van der Waals surface area contributed by atoms with E-state index in [0.29, 0.717) is 17.8 Å². The number of carbonyl (C=O) groups excluding carboxylic acids is 2. The number of hydrogen-bond acceptors (Lipinski definition) is 3. The number of nitrogens with one attached hydrogen (secondary N) is 1. The summed E-state index contributed by atoms with van der Waals surface area (Å²) < 4.78 is 5.00. The minimum atomic E-state index is -0.129. The first-order chi connectivity index (χ1) is 12.9. The fraction of sp³-hybridized carbons (Fsp3) is 0.364. The lowest BCUT2D eigenvalue weighted by atomic mass is 9.98. The van der Waals surface area contributed by atoms with Gasteiger partial charge in [-0.1, -0.05) is 23.8 Å². The van der Waals surface area contributed by atoms with Crippen molar-refractivity contribution in [1.82, 2.24) is 0 Å². The van der Waals surface area contributed by atoms with Gasteiger partial charge in [0.05, 0.1) is 0 Å². The lowest BCUT2D eigenvalue weighted by molar-refractivity contribution is -0.122. The number of ether oxygens (including phenoxy) is 1. The number of fused-ring (bicyclic) bond motifs is 1. The largest absolute Gasteiger partial charge is 0.375 e. The predicted molar refractivity (Wildman–Crippen MR) is 108 cm³/mol. The summed E-state index contributed by atoms with van der Waals surface area (Å²) in [6, 6.07) is 9.81. The van der Waals surface area contributed by atoms with E-state index >= 15 is 0 Å². The molecular weight excluding hydrogens is 340 g/mol. The van der Waals surface area contributed by atoms with Gasteiger partial charge in [-0.15, -0.1) is 0 Å². The average molecular weight is 366 g/mol. The van der Waals surface area contributed by atoms with Crippen LogP contribution < -0.4 is 10.2 Å². The summed E-state index contributed by atoms with van der Waals surface area (Å²) in [6.45, 7) is 6.65. The number of amides is 2. The molecule has 0 atom stereocenters. The van der Waals surface area contributed by atoms with E-state index in [1.165, 1.54) is 7.11 Å². The van der Waals surface area contributed by atoms with Crippen LogP contribution in [-0.2, 0) is 16.0 Å². The molecule has 2 amide bonds.